The summed E-state index contributed by atoms with van der Waals surface area (Å²) in [5, 5.41) is 3.13. The van der Waals surface area contributed by atoms with E-state index in [1.165, 1.54) is 19.3 Å². The molecule has 3 N–H and O–H groups in total. The molecule has 1 fully saturated rings. The van der Waals surface area contributed by atoms with Crippen LogP contribution in [0.5, 0.6) is 0 Å². The molecule has 1 unspecified atom stereocenters. The normalized spacial score (nSPS) is 17.3. The Kier molecular flexibility index (Phi) is 6.42. The highest BCUT2D eigenvalue weighted by molar-refractivity contribution is 5.79. The first-order valence-electron chi connectivity index (χ1n) is 6.34. The quantitative estimate of drug-likeness (QED) is 0.549. The van der Waals surface area contributed by atoms with Crippen LogP contribution in [0.4, 0.5) is 0 Å². The van der Waals surface area contributed by atoms with Gasteiger partial charge in [-0.3, -0.25) is 4.79 Å². The molecular formula is C12H24N2O2. The number of nitrogens with two attached hydrogens (primary N) is 1. The van der Waals surface area contributed by atoms with E-state index < -0.39 is 0 Å². The van der Waals surface area contributed by atoms with E-state index in [0.717, 1.165) is 25.5 Å². The van der Waals surface area contributed by atoms with Gasteiger partial charge in [0.25, 0.3) is 0 Å². The van der Waals surface area contributed by atoms with Crippen molar-refractivity contribution in [2.45, 2.75) is 45.1 Å². The van der Waals surface area contributed by atoms with Crippen molar-refractivity contribution in [1.29, 1.82) is 0 Å². The summed E-state index contributed by atoms with van der Waals surface area (Å²) < 4.78 is 5.50. The SMILES string of the molecule is CCCNC(CCOCCC1CC1)C(N)=O. The maximum atomic E-state index is 11.1. The number of amides is 1. The fourth-order valence-electron chi connectivity index (χ4n) is 1.62. The average molecular weight is 228 g/mol. The molecule has 1 rings (SSSR count). The van der Waals surface area contributed by atoms with Crippen LogP contribution in [-0.2, 0) is 9.53 Å². The molecule has 0 spiro atoms. The summed E-state index contributed by atoms with van der Waals surface area (Å²) in [5.41, 5.74) is 5.29. The van der Waals surface area contributed by atoms with Crippen LogP contribution in [0.1, 0.15) is 39.0 Å². The number of carbonyl (C=O) groups is 1. The predicted molar refractivity (Wildman–Crippen MR) is 64.1 cm³/mol. The van der Waals surface area contributed by atoms with Gasteiger partial charge in [-0.05, 0) is 31.7 Å². The van der Waals surface area contributed by atoms with Crippen LogP contribution in [0, 0.1) is 5.92 Å². The lowest BCUT2D eigenvalue weighted by atomic mass is 10.2. The van der Waals surface area contributed by atoms with Crippen LogP contribution in [-0.4, -0.2) is 31.7 Å². The molecule has 1 atom stereocenters. The second kappa shape index (κ2) is 7.63. The van der Waals surface area contributed by atoms with Gasteiger partial charge >= 0.3 is 0 Å². The molecule has 1 aliphatic carbocycles. The molecule has 0 aliphatic heterocycles. The third-order valence-corrected chi connectivity index (χ3v) is 2.90. The number of rotatable bonds is 10. The molecule has 0 aromatic carbocycles. The van der Waals surface area contributed by atoms with E-state index in [2.05, 4.69) is 12.2 Å². The van der Waals surface area contributed by atoms with Crippen molar-refractivity contribution < 1.29 is 9.53 Å². The summed E-state index contributed by atoms with van der Waals surface area (Å²) in [5.74, 6) is 0.629. The summed E-state index contributed by atoms with van der Waals surface area (Å²) in [7, 11) is 0. The summed E-state index contributed by atoms with van der Waals surface area (Å²) in [6.45, 7) is 4.34. The molecular weight excluding hydrogens is 204 g/mol. The second-order valence-electron chi connectivity index (χ2n) is 4.54. The van der Waals surface area contributed by atoms with Crippen LogP contribution < -0.4 is 11.1 Å². The molecule has 0 radical (unpaired) electrons. The van der Waals surface area contributed by atoms with Gasteiger partial charge in [-0.2, -0.15) is 0 Å². The highest BCUT2D eigenvalue weighted by Crippen LogP contribution is 2.32. The average Bonchev–Trinajstić information content (AvgIpc) is 3.05. The summed E-state index contributed by atoms with van der Waals surface area (Å²) in [6, 6.07) is -0.235. The Morgan fingerprint density at radius 1 is 1.50 bits per heavy atom. The monoisotopic (exact) mass is 228 g/mol. The van der Waals surface area contributed by atoms with Gasteiger partial charge in [0, 0.05) is 13.2 Å². The number of hydrogen-bond acceptors (Lipinski definition) is 3. The Balaban J connectivity index is 1.99. The molecule has 0 aromatic heterocycles. The number of primary amides is 1. The Hall–Kier alpha value is -0.610. The molecule has 1 aliphatic rings. The van der Waals surface area contributed by atoms with Gasteiger partial charge in [0.05, 0.1) is 6.04 Å². The largest absolute Gasteiger partial charge is 0.381 e. The zero-order valence-corrected chi connectivity index (χ0v) is 10.2. The third kappa shape index (κ3) is 6.08. The van der Waals surface area contributed by atoms with Gasteiger partial charge in [-0.25, -0.2) is 0 Å². The smallest absolute Gasteiger partial charge is 0.234 e. The zero-order chi connectivity index (χ0) is 11.8. The van der Waals surface area contributed by atoms with Gasteiger partial charge in [-0.15, -0.1) is 0 Å². The van der Waals surface area contributed by atoms with Crippen molar-refractivity contribution in [3.8, 4) is 0 Å². The van der Waals surface area contributed by atoms with Gasteiger partial charge in [0.2, 0.25) is 5.91 Å². The van der Waals surface area contributed by atoms with E-state index in [4.69, 9.17) is 10.5 Å². The Bertz CT molecular complexity index is 205. The molecule has 1 saturated carbocycles. The number of nitrogens with one attached hydrogen (secondary N) is 1. The molecule has 0 bridgehead atoms. The van der Waals surface area contributed by atoms with Crippen molar-refractivity contribution >= 4 is 5.91 Å². The zero-order valence-electron chi connectivity index (χ0n) is 10.2. The topological polar surface area (TPSA) is 64.3 Å². The molecule has 94 valence electrons. The van der Waals surface area contributed by atoms with Crippen molar-refractivity contribution in [1.82, 2.24) is 5.32 Å². The van der Waals surface area contributed by atoms with E-state index in [1.54, 1.807) is 0 Å². The van der Waals surface area contributed by atoms with Crippen LogP contribution in [0.3, 0.4) is 0 Å². The predicted octanol–water partition coefficient (Wildman–Crippen LogP) is 1.05. The minimum atomic E-state index is -0.278. The van der Waals surface area contributed by atoms with Crippen molar-refractivity contribution in [3.63, 3.8) is 0 Å². The van der Waals surface area contributed by atoms with Crippen LogP contribution >= 0.6 is 0 Å². The van der Waals surface area contributed by atoms with Crippen LogP contribution in [0.25, 0.3) is 0 Å². The maximum absolute atomic E-state index is 11.1. The van der Waals surface area contributed by atoms with Crippen molar-refractivity contribution in [2.24, 2.45) is 11.7 Å². The Labute approximate surface area is 97.9 Å². The molecule has 4 nitrogen and oxygen atoms in total. The first kappa shape index (κ1) is 13.5. The number of carbonyl (C=O) groups excluding carboxylic acids is 1. The van der Waals surface area contributed by atoms with Crippen molar-refractivity contribution in [3.05, 3.63) is 0 Å². The van der Waals surface area contributed by atoms with E-state index in [-0.39, 0.29) is 11.9 Å². The summed E-state index contributed by atoms with van der Waals surface area (Å²) in [4.78, 5) is 11.1. The summed E-state index contributed by atoms with van der Waals surface area (Å²) >= 11 is 0. The van der Waals surface area contributed by atoms with Gasteiger partial charge in [0.1, 0.15) is 0 Å². The van der Waals surface area contributed by atoms with Gasteiger partial charge in [-0.1, -0.05) is 19.8 Å². The van der Waals surface area contributed by atoms with E-state index in [9.17, 15) is 4.79 Å². The molecule has 1 amide bonds. The fourth-order valence-corrected chi connectivity index (χ4v) is 1.62. The van der Waals surface area contributed by atoms with E-state index in [1.807, 2.05) is 0 Å². The minimum absolute atomic E-state index is 0.235. The summed E-state index contributed by atoms with van der Waals surface area (Å²) in [6.07, 6.45) is 5.59. The van der Waals surface area contributed by atoms with Crippen molar-refractivity contribution in [2.75, 3.05) is 19.8 Å². The Morgan fingerprint density at radius 2 is 2.25 bits per heavy atom. The molecule has 4 heteroatoms. The van der Waals surface area contributed by atoms with Crippen LogP contribution in [0.15, 0.2) is 0 Å². The lowest BCUT2D eigenvalue weighted by molar-refractivity contribution is -0.120. The third-order valence-electron chi connectivity index (χ3n) is 2.90. The second-order valence-corrected chi connectivity index (χ2v) is 4.54. The standard InChI is InChI=1S/C12H24N2O2/c1-2-7-14-11(12(13)15)6-9-16-8-5-10-3-4-10/h10-11,14H,2-9H2,1H3,(H2,13,15). The maximum Gasteiger partial charge on any atom is 0.234 e. The van der Waals surface area contributed by atoms with Gasteiger partial charge in [0.15, 0.2) is 0 Å². The van der Waals surface area contributed by atoms with E-state index >= 15 is 0 Å². The minimum Gasteiger partial charge on any atom is -0.381 e. The highest BCUT2D eigenvalue weighted by Gasteiger charge is 2.20. The molecule has 0 saturated heterocycles. The number of ether oxygens (including phenoxy) is 1. The van der Waals surface area contributed by atoms with E-state index in [0.29, 0.717) is 13.0 Å². The lowest BCUT2D eigenvalue weighted by Gasteiger charge is -2.14. The molecule has 16 heavy (non-hydrogen) atoms. The fraction of sp³-hybridized carbons (Fsp3) is 0.917. The molecule has 0 heterocycles. The first-order chi connectivity index (χ1) is 7.74. The number of hydrogen-bond donors (Lipinski definition) is 2. The lowest BCUT2D eigenvalue weighted by Crippen LogP contribution is -2.42. The molecule has 0 aromatic rings. The Morgan fingerprint density at radius 3 is 2.81 bits per heavy atom. The first-order valence-corrected chi connectivity index (χ1v) is 6.34. The highest BCUT2D eigenvalue weighted by atomic mass is 16.5. The van der Waals surface area contributed by atoms with Crippen LogP contribution in [0.2, 0.25) is 0 Å². The van der Waals surface area contributed by atoms with Gasteiger partial charge < -0.3 is 15.8 Å².